The molecule has 2 N–H and O–H groups in total. The summed E-state index contributed by atoms with van der Waals surface area (Å²) in [6.45, 7) is 3.29. The van der Waals surface area contributed by atoms with Gasteiger partial charge in [0.2, 0.25) is 0 Å². The molecule has 6 nitrogen and oxygen atoms in total. The highest BCUT2D eigenvalue weighted by molar-refractivity contribution is 5.80. The molecule has 0 unspecified atom stereocenters. The van der Waals surface area contributed by atoms with Crippen molar-refractivity contribution < 1.29 is 19.7 Å². The Bertz CT molecular complexity index is 620. The first-order valence-corrected chi connectivity index (χ1v) is 8.47. The van der Waals surface area contributed by atoms with Gasteiger partial charge in [-0.1, -0.05) is 0 Å². The summed E-state index contributed by atoms with van der Waals surface area (Å²) < 4.78 is 10.9. The van der Waals surface area contributed by atoms with Crippen LogP contribution in [0.3, 0.4) is 0 Å². The van der Waals surface area contributed by atoms with Gasteiger partial charge in [0.1, 0.15) is 11.5 Å². The Balaban J connectivity index is 1.43. The summed E-state index contributed by atoms with van der Waals surface area (Å²) in [5.74, 6) is 0.494. The van der Waals surface area contributed by atoms with E-state index in [2.05, 4.69) is 9.98 Å². The normalized spacial score (nSPS) is 11.5. The Morgan fingerprint density at radius 1 is 0.615 bits per heavy atom. The summed E-state index contributed by atoms with van der Waals surface area (Å²) >= 11 is 0. The molecule has 0 fully saturated rings. The molecule has 2 aromatic carbocycles. The van der Waals surface area contributed by atoms with Gasteiger partial charge in [0.05, 0.1) is 39.5 Å². The number of phenolic OH excluding ortho intramolecular Hbond substituents is 2. The smallest absolute Gasteiger partial charge is 0.115 e. The van der Waals surface area contributed by atoms with Gasteiger partial charge in [-0.25, -0.2) is 0 Å². The van der Waals surface area contributed by atoms with Gasteiger partial charge in [-0.05, 0) is 59.7 Å². The van der Waals surface area contributed by atoms with E-state index in [0.29, 0.717) is 39.5 Å². The number of rotatable bonds is 11. The zero-order valence-electron chi connectivity index (χ0n) is 14.6. The van der Waals surface area contributed by atoms with Crippen LogP contribution >= 0.6 is 0 Å². The van der Waals surface area contributed by atoms with Crippen LogP contribution in [0.2, 0.25) is 0 Å². The maximum absolute atomic E-state index is 9.19. The highest BCUT2D eigenvalue weighted by Crippen LogP contribution is 2.08. The second kappa shape index (κ2) is 11.8. The molecular formula is C20H24N2O4. The standard InChI is InChI=1S/C20H24N2O4/c23-19-5-1-17(2-6-19)15-21-9-11-25-13-14-26-12-10-22-16-18-3-7-20(24)8-4-18/h1-8,15-16,23-24H,9-14H2. The lowest BCUT2D eigenvalue weighted by Crippen LogP contribution is -2.08. The van der Waals surface area contributed by atoms with E-state index in [0.717, 1.165) is 11.1 Å². The fourth-order valence-corrected chi connectivity index (χ4v) is 2.02. The third-order valence-electron chi connectivity index (χ3n) is 3.37. The average molecular weight is 356 g/mol. The van der Waals surface area contributed by atoms with Crippen LogP contribution in [0.4, 0.5) is 0 Å². The molecule has 0 heterocycles. The molecule has 0 aromatic heterocycles. The van der Waals surface area contributed by atoms with Crippen molar-refractivity contribution in [2.75, 3.05) is 39.5 Å². The van der Waals surface area contributed by atoms with Crippen LogP contribution in [0.1, 0.15) is 11.1 Å². The van der Waals surface area contributed by atoms with Gasteiger partial charge in [-0.15, -0.1) is 0 Å². The molecule has 0 aliphatic rings. The van der Waals surface area contributed by atoms with E-state index in [1.165, 1.54) is 0 Å². The number of aromatic hydroxyl groups is 2. The van der Waals surface area contributed by atoms with Gasteiger partial charge in [0.15, 0.2) is 0 Å². The highest BCUT2D eigenvalue weighted by Gasteiger charge is 1.92. The molecule has 138 valence electrons. The lowest BCUT2D eigenvalue weighted by Gasteiger charge is -2.03. The Labute approximate surface area is 153 Å². The summed E-state index contributed by atoms with van der Waals surface area (Å²) in [7, 11) is 0. The predicted molar refractivity (Wildman–Crippen MR) is 103 cm³/mol. The van der Waals surface area contributed by atoms with Gasteiger partial charge < -0.3 is 19.7 Å². The van der Waals surface area contributed by atoms with E-state index in [9.17, 15) is 10.2 Å². The Morgan fingerprint density at radius 2 is 1.00 bits per heavy atom. The molecule has 26 heavy (non-hydrogen) atoms. The van der Waals surface area contributed by atoms with E-state index in [1.54, 1.807) is 61.0 Å². The van der Waals surface area contributed by atoms with Crippen LogP contribution in [-0.2, 0) is 9.47 Å². The molecule has 0 aliphatic carbocycles. The third-order valence-corrected chi connectivity index (χ3v) is 3.37. The molecule has 0 aliphatic heterocycles. The van der Waals surface area contributed by atoms with Crippen LogP contribution in [0.25, 0.3) is 0 Å². The van der Waals surface area contributed by atoms with E-state index >= 15 is 0 Å². The van der Waals surface area contributed by atoms with Crippen molar-refractivity contribution in [2.45, 2.75) is 0 Å². The van der Waals surface area contributed by atoms with Gasteiger partial charge in [-0.3, -0.25) is 9.98 Å². The van der Waals surface area contributed by atoms with Gasteiger partial charge in [0, 0.05) is 12.4 Å². The van der Waals surface area contributed by atoms with Crippen LogP contribution in [-0.4, -0.2) is 62.2 Å². The molecular weight excluding hydrogens is 332 g/mol. The van der Waals surface area contributed by atoms with Crippen molar-refractivity contribution in [1.29, 1.82) is 0 Å². The van der Waals surface area contributed by atoms with Crippen molar-refractivity contribution >= 4 is 12.4 Å². The topological polar surface area (TPSA) is 83.6 Å². The summed E-state index contributed by atoms with van der Waals surface area (Å²) in [4.78, 5) is 8.51. The summed E-state index contributed by atoms with van der Waals surface area (Å²) in [6.07, 6.45) is 3.51. The average Bonchev–Trinajstić information content (AvgIpc) is 2.65. The first-order valence-electron chi connectivity index (χ1n) is 8.47. The molecule has 0 amide bonds. The molecule has 2 aromatic rings. The minimum atomic E-state index is 0.247. The second-order valence-electron chi connectivity index (χ2n) is 5.48. The number of aliphatic imine (C=N–C) groups is 2. The number of ether oxygens (including phenoxy) is 2. The fourth-order valence-electron chi connectivity index (χ4n) is 2.02. The number of hydrogen-bond acceptors (Lipinski definition) is 6. The molecule has 2 rings (SSSR count). The molecule has 0 spiro atoms. The quantitative estimate of drug-likeness (QED) is 0.479. The monoisotopic (exact) mass is 356 g/mol. The lowest BCUT2D eigenvalue weighted by molar-refractivity contribution is 0.0541. The van der Waals surface area contributed by atoms with E-state index in [1.807, 2.05) is 0 Å². The third kappa shape index (κ3) is 8.41. The zero-order valence-corrected chi connectivity index (χ0v) is 14.6. The van der Waals surface area contributed by atoms with E-state index in [4.69, 9.17) is 9.47 Å². The van der Waals surface area contributed by atoms with Crippen LogP contribution < -0.4 is 0 Å². The molecule has 0 bridgehead atoms. The summed E-state index contributed by atoms with van der Waals surface area (Å²) in [5, 5.41) is 18.4. The minimum Gasteiger partial charge on any atom is -0.508 e. The lowest BCUT2D eigenvalue weighted by atomic mass is 10.2. The molecule has 6 heteroatoms. The second-order valence-corrected chi connectivity index (χ2v) is 5.48. The Kier molecular flexibility index (Phi) is 8.89. The van der Waals surface area contributed by atoms with Crippen molar-refractivity contribution in [3.8, 4) is 11.5 Å². The maximum Gasteiger partial charge on any atom is 0.115 e. The minimum absolute atomic E-state index is 0.247. The van der Waals surface area contributed by atoms with Gasteiger partial charge >= 0.3 is 0 Å². The Hall–Kier alpha value is -2.70. The highest BCUT2D eigenvalue weighted by atomic mass is 16.5. The number of nitrogens with zero attached hydrogens (tertiary/aromatic N) is 2. The zero-order chi connectivity index (χ0) is 18.5. The van der Waals surface area contributed by atoms with Crippen LogP contribution in [0, 0.1) is 0 Å². The largest absolute Gasteiger partial charge is 0.508 e. The van der Waals surface area contributed by atoms with E-state index in [-0.39, 0.29) is 11.5 Å². The number of benzene rings is 2. The van der Waals surface area contributed by atoms with Gasteiger partial charge in [0.25, 0.3) is 0 Å². The van der Waals surface area contributed by atoms with Crippen LogP contribution in [0.5, 0.6) is 11.5 Å². The van der Waals surface area contributed by atoms with Crippen molar-refractivity contribution in [3.63, 3.8) is 0 Å². The predicted octanol–water partition coefficient (Wildman–Crippen LogP) is 2.67. The summed E-state index contributed by atoms with van der Waals surface area (Å²) in [5.41, 5.74) is 1.89. The molecule has 0 saturated heterocycles. The van der Waals surface area contributed by atoms with E-state index < -0.39 is 0 Å². The summed E-state index contributed by atoms with van der Waals surface area (Å²) in [6, 6.07) is 13.7. The molecule has 0 atom stereocenters. The van der Waals surface area contributed by atoms with Crippen molar-refractivity contribution in [3.05, 3.63) is 59.7 Å². The van der Waals surface area contributed by atoms with Crippen LogP contribution in [0.15, 0.2) is 58.5 Å². The number of phenols is 2. The SMILES string of the molecule is Oc1ccc(C=NCCOCCOCCN=Cc2ccc(O)cc2)cc1. The fraction of sp³-hybridized carbons (Fsp3) is 0.300. The Morgan fingerprint density at radius 3 is 1.38 bits per heavy atom. The molecule has 0 radical (unpaired) electrons. The van der Waals surface area contributed by atoms with Gasteiger partial charge in [-0.2, -0.15) is 0 Å². The number of hydrogen-bond donors (Lipinski definition) is 2. The molecule has 0 saturated carbocycles. The van der Waals surface area contributed by atoms with Crippen molar-refractivity contribution in [2.24, 2.45) is 9.98 Å². The first-order chi connectivity index (χ1) is 12.7. The first kappa shape index (κ1) is 19.6. The van der Waals surface area contributed by atoms with Crippen molar-refractivity contribution in [1.82, 2.24) is 0 Å². The maximum atomic E-state index is 9.19.